The number of hydrogen-bond donors (Lipinski definition) is 3. The summed E-state index contributed by atoms with van der Waals surface area (Å²) in [7, 11) is -4.32. The second-order valence-electron chi connectivity index (χ2n) is 15.1. The van der Waals surface area contributed by atoms with Gasteiger partial charge in [0.15, 0.2) is 5.65 Å². The van der Waals surface area contributed by atoms with E-state index in [0.29, 0.717) is 26.7 Å². The fourth-order valence-corrected chi connectivity index (χ4v) is 8.48. The minimum Gasteiger partial charge on any atom is -0.458 e. The van der Waals surface area contributed by atoms with Crippen LogP contribution < -0.4 is 15.2 Å². The van der Waals surface area contributed by atoms with Gasteiger partial charge in [-0.2, -0.15) is 8.42 Å². The van der Waals surface area contributed by atoms with Crippen molar-refractivity contribution < 1.29 is 22.7 Å². The van der Waals surface area contributed by atoms with Crippen molar-refractivity contribution in [2.45, 2.75) is 67.4 Å². The van der Waals surface area contributed by atoms with E-state index in [1.165, 1.54) is 10.6 Å². The van der Waals surface area contributed by atoms with E-state index < -0.39 is 22.1 Å². The van der Waals surface area contributed by atoms with Crippen molar-refractivity contribution in [3.63, 3.8) is 0 Å². The Hall–Kier alpha value is -3.61. The lowest BCUT2D eigenvalue weighted by Crippen LogP contribution is -2.49. The van der Waals surface area contributed by atoms with Crippen molar-refractivity contribution in [1.82, 2.24) is 14.1 Å². The third kappa shape index (κ3) is 7.91. The molecule has 0 spiro atoms. The molecular formula is C36H43BrClN5O5S. The van der Waals surface area contributed by atoms with Gasteiger partial charge in [-0.05, 0) is 75.3 Å². The van der Waals surface area contributed by atoms with E-state index in [-0.39, 0.29) is 57.0 Å². The maximum Gasteiger partial charge on any atom is 0.342 e. The molecule has 0 radical (unpaired) electrons. The van der Waals surface area contributed by atoms with Crippen molar-refractivity contribution in [2.75, 3.05) is 10.5 Å². The summed E-state index contributed by atoms with van der Waals surface area (Å²) < 4.78 is 38.4. The molecule has 0 bridgehead atoms. The lowest BCUT2D eigenvalue weighted by molar-refractivity contribution is -0.0922. The Kier molecular flexibility index (Phi) is 10.2. The second kappa shape index (κ2) is 13.6. The summed E-state index contributed by atoms with van der Waals surface area (Å²) in [6, 6.07) is 15.1. The molecule has 10 nitrogen and oxygen atoms in total. The van der Waals surface area contributed by atoms with Crippen LogP contribution in [0, 0.1) is 28.6 Å². The Morgan fingerprint density at radius 1 is 0.980 bits per heavy atom. The molecule has 4 aromatic rings. The second-order valence-corrected chi connectivity index (χ2v) is 17.7. The SMILES string of the molecule is CC1CC(C(C)(C)C)C(OC(=O)c2c(-c3ccc(Cl)cc3)c(Br)n3cc(C(=O)NS(=O)(=O)Nc4ccccc4)c(N)nc23)C(C(C)(C)C)C1. The van der Waals surface area contributed by atoms with E-state index in [4.69, 9.17) is 22.1 Å². The van der Waals surface area contributed by atoms with Crippen LogP contribution in [-0.4, -0.2) is 35.8 Å². The standard InChI is InChI=1S/C36H43BrClN5O5S/c1-20-17-25(35(2,3)4)29(26(18-20)36(5,6)7)48-34(45)28-27(21-13-15-22(38)16-14-21)30(37)43-19-24(31(39)40-32(28)43)33(44)42-49(46,47)41-23-11-9-8-10-12-23/h8-16,19-20,25-26,29,41H,17-18H2,1-7H3,(H2,39,40)(H,42,44). The summed E-state index contributed by atoms with van der Waals surface area (Å²) in [4.78, 5) is 32.4. The van der Waals surface area contributed by atoms with Crippen molar-refractivity contribution in [3.8, 4) is 11.1 Å². The lowest BCUT2D eigenvalue weighted by Gasteiger charge is -2.50. The topological polar surface area (TPSA) is 145 Å². The van der Waals surface area contributed by atoms with Crippen LogP contribution in [0.1, 0.15) is 82.0 Å². The number of ether oxygens (including phenoxy) is 1. The van der Waals surface area contributed by atoms with Crippen molar-refractivity contribution >= 4 is 66.8 Å². The Morgan fingerprint density at radius 3 is 2.10 bits per heavy atom. The molecule has 2 aromatic carbocycles. The number of carbonyl (C=O) groups is 2. The number of anilines is 2. The molecule has 1 amide bonds. The molecule has 262 valence electrons. The summed E-state index contributed by atoms with van der Waals surface area (Å²) in [6.07, 6.45) is 2.82. The predicted octanol–water partition coefficient (Wildman–Crippen LogP) is 8.37. The van der Waals surface area contributed by atoms with E-state index in [2.05, 4.69) is 74.1 Å². The van der Waals surface area contributed by atoms with Crippen LogP contribution in [0.2, 0.25) is 5.02 Å². The summed E-state index contributed by atoms with van der Waals surface area (Å²) in [5, 5.41) is 0.511. The number of carbonyl (C=O) groups excluding carboxylic acids is 2. The molecule has 2 atom stereocenters. The maximum atomic E-state index is 14.6. The molecule has 1 aliphatic carbocycles. The number of fused-ring (bicyclic) bond motifs is 1. The molecule has 1 aliphatic rings. The number of nitrogens with two attached hydrogens (primary N) is 1. The van der Waals surface area contributed by atoms with E-state index in [0.717, 1.165) is 12.8 Å². The van der Waals surface area contributed by atoms with Crippen LogP contribution in [0.25, 0.3) is 16.8 Å². The lowest BCUT2D eigenvalue weighted by atomic mass is 9.59. The first kappa shape index (κ1) is 36.7. The number of para-hydroxylation sites is 1. The zero-order chi connectivity index (χ0) is 36.1. The van der Waals surface area contributed by atoms with Gasteiger partial charge < -0.3 is 10.5 Å². The molecule has 0 aliphatic heterocycles. The largest absolute Gasteiger partial charge is 0.458 e. The molecule has 0 saturated heterocycles. The Morgan fingerprint density at radius 2 is 1.55 bits per heavy atom. The molecule has 4 N–H and O–H groups in total. The van der Waals surface area contributed by atoms with E-state index in [9.17, 15) is 18.0 Å². The van der Waals surface area contributed by atoms with Crippen LogP contribution in [0.15, 0.2) is 65.4 Å². The average Bonchev–Trinajstić information content (AvgIpc) is 3.27. The van der Waals surface area contributed by atoms with Gasteiger partial charge in [0.25, 0.3) is 5.91 Å². The van der Waals surface area contributed by atoms with E-state index >= 15 is 0 Å². The molecule has 1 saturated carbocycles. The van der Waals surface area contributed by atoms with Gasteiger partial charge in [0.05, 0.1) is 15.9 Å². The number of rotatable bonds is 7. The van der Waals surface area contributed by atoms with Crippen molar-refractivity contribution in [1.29, 1.82) is 0 Å². The van der Waals surface area contributed by atoms with Crippen LogP contribution in [0.5, 0.6) is 0 Å². The number of benzene rings is 2. The first-order valence-corrected chi connectivity index (χ1v) is 18.8. The van der Waals surface area contributed by atoms with Crippen LogP contribution in [0.4, 0.5) is 11.5 Å². The van der Waals surface area contributed by atoms with Gasteiger partial charge in [-0.3, -0.25) is 13.9 Å². The third-order valence-electron chi connectivity index (χ3n) is 9.29. The number of esters is 1. The minimum atomic E-state index is -4.32. The zero-order valence-electron chi connectivity index (χ0n) is 28.7. The van der Waals surface area contributed by atoms with Gasteiger partial charge in [0.1, 0.15) is 17.5 Å². The number of nitrogen functional groups attached to an aromatic ring is 1. The fourth-order valence-electron chi connectivity index (χ4n) is 6.81. The smallest absolute Gasteiger partial charge is 0.342 e. The van der Waals surface area contributed by atoms with Crippen LogP contribution in [0.3, 0.4) is 0 Å². The monoisotopic (exact) mass is 771 g/mol. The van der Waals surface area contributed by atoms with Gasteiger partial charge in [-0.1, -0.05) is 90.4 Å². The predicted molar refractivity (Wildman–Crippen MR) is 198 cm³/mol. The minimum absolute atomic E-state index is 0.0977. The van der Waals surface area contributed by atoms with E-state index in [1.54, 1.807) is 54.6 Å². The van der Waals surface area contributed by atoms with Crippen LogP contribution in [-0.2, 0) is 14.9 Å². The molecule has 49 heavy (non-hydrogen) atoms. The summed E-state index contributed by atoms with van der Waals surface area (Å²) in [6.45, 7) is 15.4. The van der Waals surface area contributed by atoms with Crippen LogP contribution >= 0.6 is 27.5 Å². The molecule has 2 aromatic heterocycles. The zero-order valence-corrected chi connectivity index (χ0v) is 31.8. The molecule has 1 fully saturated rings. The highest BCUT2D eigenvalue weighted by Gasteiger charge is 2.48. The normalized spacial score (nSPS) is 20.2. The average molecular weight is 773 g/mol. The van der Waals surface area contributed by atoms with Gasteiger partial charge in [0, 0.05) is 28.6 Å². The Bertz CT molecular complexity index is 1960. The van der Waals surface area contributed by atoms with Crippen molar-refractivity contribution in [2.24, 2.45) is 28.6 Å². The van der Waals surface area contributed by atoms with Gasteiger partial charge in [-0.15, -0.1) is 0 Å². The molecule has 5 rings (SSSR count). The van der Waals surface area contributed by atoms with Crippen molar-refractivity contribution in [3.05, 3.63) is 81.5 Å². The number of nitrogens with one attached hydrogen (secondary N) is 2. The molecule has 2 unspecified atom stereocenters. The van der Waals surface area contributed by atoms with Gasteiger partial charge >= 0.3 is 16.2 Å². The third-order valence-corrected chi connectivity index (χ3v) is 11.3. The summed E-state index contributed by atoms with van der Waals surface area (Å²) in [5.74, 6) is -1.19. The van der Waals surface area contributed by atoms with Gasteiger partial charge in [0.2, 0.25) is 0 Å². The summed E-state index contributed by atoms with van der Waals surface area (Å²) in [5.41, 5.74) is 7.51. The molecule has 13 heteroatoms. The number of hydrogen-bond acceptors (Lipinski definition) is 7. The highest BCUT2D eigenvalue weighted by atomic mass is 79.9. The Labute approximate surface area is 301 Å². The maximum absolute atomic E-state index is 14.6. The molecule has 2 heterocycles. The number of amides is 1. The highest BCUT2D eigenvalue weighted by molar-refractivity contribution is 9.10. The number of halogens is 2. The summed E-state index contributed by atoms with van der Waals surface area (Å²) >= 11 is 9.86. The number of aromatic nitrogens is 2. The van der Waals surface area contributed by atoms with E-state index in [1.807, 2.05) is 4.72 Å². The first-order valence-electron chi connectivity index (χ1n) is 16.1. The first-order chi connectivity index (χ1) is 22.8. The number of nitrogens with zero attached hydrogens (tertiary/aromatic N) is 2. The highest BCUT2D eigenvalue weighted by Crippen LogP contribution is 2.50. The van der Waals surface area contributed by atoms with Gasteiger partial charge in [-0.25, -0.2) is 14.5 Å². The quantitative estimate of drug-likeness (QED) is 0.160. The molecular weight excluding hydrogens is 730 g/mol. The Balaban J connectivity index is 1.61. The fraction of sp³-hybridized carbons (Fsp3) is 0.417.